The minimum absolute atomic E-state index is 0.0554. The number of likely N-dealkylation sites (N-methyl/N-ethyl adjacent to an activating group) is 1. The summed E-state index contributed by atoms with van der Waals surface area (Å²) >= 11 is 0. The first-order chi connectivity index (χ1) is 12.6. The van der Waals surface area contributed by atoms with Crippen molar-refractivity contribution in [3.8, 4) is 0 Å². The number of carbonyl (C=O) groups is 2. The number of rotatable bonds is 3. The van der Waals surface area contributed by atoms with E-state index in [1.807, 2.05) is 31.3 Å². The van der Waals surface area contributed by atoms with Crippen LogP contribution < -0.4 is 0 Å². The number of hydrogen-bond acceptors (Lipinski definition) is 5. The molecule has 1 spiro atoms. The minimum Gasteiger partial charge on any atom is -0.344 e. The molecule has 2 aliphatic heterocycles. The van der Waals surface area contributed by atoms with Gasteiger partial charge in [-0.3, -0.25) is 9.59 Å². The van der Waals surface area contributed by atoms with E-state index in [0.717, 1.165) is 37.8 Å². The highest BCUT2D eigenvalue weighted by molar-refractivity contribution is 6.00. The average molecular weight is 354 g/mol. The standard InChI is InChI=1S/C18H22N6O2/c1-22-10-2-8-18(17(22)26)9-3-11-24(18)16(25)15-6-4-14(5-7-15)12-23-13-19-20-21-23/h4-7,13H,2-3,8-12H2,1H3. The molecule has 2 fully saturated rings. The Balaban J connectivity index is 1.54. The van der Waals surface area contributed by atoms with Gasteiger partial charge < -0.3 is 9.80 Å². The van der Waals surface area contributed by atoms with Crippen molar-refractivity contribution in [2.24, 2.45) is 0 Å². The summed E-state index contributed by atoms with van der Waals surface area (Å²) < 4.78 is 1.63. The minimum atomic E-state index is -0.644. The maximum absolute atomic E-state index is 13.1. The van der Waals surface area contributed by atoms with Crippen LogP contribution in [0.15, 0.2) is 30.6 Å². The van der Waals surface area contributed by atoms with Crippen LogP contribution in [0, 0.1) is 0 Å². The van der Waals surface area contributed by atoms with Gasteiger partial charge in [-0.05, 0) is 53.8 Å². The Morgan fingerprint density at radius 3 is 2.58 bits per heavy atom. The van der Waals surface area contributed by atoms with Crippen LogP contribution >= 0.6 is 0 Å². The maximum atomic E-state index is 13.1. The number of hydrogen-bond donors (Lipinski definition) is 0. The molecule has 2 aliphatic rings. The molecule has 0 aliphatic carbocycles. The molecule has 4 rings (SSSR count). The number of benzene rings is 1. The number of tetrazole rings is 1. The third-order valence-corrected chi connectivity index (χ3v) is 5.50. The third kappa shape index (κ3) is 2.75. The highest BCUT2D eigenvalue weighted by Crippen LogP contribution is 2.38. The molecule has 1 unspecified atom stereocenters. The van der Waals surface area contributed by atoms with Crippen molar-refractivity contribution < 1.29 is 9.59 Å². The molecular weight excluding hydrogens is 332 g/mol. The molecule has 3 heterocycles. The molecule has 0 radical (unpaired) electrons. The fourth-order valence-corrected chi connectivity index (χ4v) is 4.18. The van der Waals surface area contributed by atoms with E-state index in [1.165, 1.54) is 0 Å². The lowest BCUT2D eigenvalue weighted by Crippen LogP contribution is -2.60. The maximum Gasteiger partial charge on any atom is 0.254 e. The topological polar surface area (TPSA) is 84.2 Å². The Hall–Kier alpha value is -2.77. The van der Waals surface area contributed by atoms with Gasteiger partial charge in [0.15, 0.2) is 0 Å². The Kier molecular flexibility index (Phi) is 4.18. The summed E-state index contributed by atoms with van der Waals surface area (Å²) in [6.45, 7) is 1.97. The van der Waals surface area contributed by atoms with Gasteiger partial charge in [-0.1, -0.05) is 12.1 Å². The van der Waals surface area contributed by atoms with Gasteiger partial charge in [-0.25, -0.2) is 4.68 Å². The third-order valence-electron chi connectivity index (χ3n) is 5.50. The molecule has 8 heteroatoms. The van der Waals surface area contributed by atoms with E-state index in [2.05, 4.69) is 15.5 Å². The second-order valence-electron chi connectivity index (χ2n) is 7.13. The lowest BCUT2D eigenvalue weighted by atomic mass is 9.85. The second kappa shape index (κ2) is 6.51. The Morgan fingerprint density at radius 1 is 1.15 bits per heavy atom. The molecule has 8 nitrogen and oxygen atoms in total. The summed E-state index contributed by atoms with van der Waals surface area (Å²) in [6.07, 6.45) is 4.90. The molecule has 2 saturated heterocycles. The zero-order valence-corrected chi connectivity index (χ0v) is 14.8. The van der Waals surface area contributed by atoms with Crippen LogP contribution in [0.4, 0.5) is 0 Å². The Morgan fingerprint density at radius 2 is 1.88 bits per heavy atom. The van der Waals surface area contributed by atoms with Gasteiger partial charge in [0.25, 0.3) is 5.91 Å². The number of aromatic nitrogens is 4. The monoisotopic (exact) mass is 354 g/mol. The predicted octanol–water partition coefficient (Wildman–Crippen LogP) is 0.948. The molecule has 0 saturated carbocycles. The summed E-state index contributed by atoms with van der Waals surface area (Å²) in [4.78, 5) is 29.5. The lowest BCUT2D eigenvalue weighted by molar-refractivity contribution is -0.144. The largest absolute Gasteiger partial charge is 0.344 e. The molecule has 1 aromatic heterocycles. The first kappa shape index (κ1) is 16.7. The summed E-state index contributed by atoms with van der Waals surface area (Å²) in [5, 5.41) is 11.1. The molecule has 2 amide bonds. The van der Waals surface area contributed by atoms with Gasteiger partial charge in [-0.15, -0.1) is 5.10 Å². The first-order valence-corrected chi connectivity index (χ1v) is 8.97. The zero-order valence-electron chi connectivity index (χ0n) is 14.8. The lowest BCUT2D eigenvalue weighted by Gasteiger charge is -2.43. The van der Waals surface area contributed by atoms with Crippen LogP contribution in [0.5, 0.6) is 0 Å². The van der Waals surface area contributed by atoms with Gasteiger partial charge in [0.1, 0.15) is 11.9 Å². The van der Waals surface area contributed by atoms with Gasteiger partial charge in [0.2, 0.25) is 5.91 Å². The average Bonchev–Trinajstić information content (AvgIpc) is 3.30. The van der Waals surface area contributed by atoms with Crippen LogP contribution in [-0.4, -0.2) is 67.5 Å². The molecule has 1 atom stereocenters. The van der Waals surface area contributed by atoms with Crippen LogP contribution in [0.25, 0.3) is 0 Å². The van der Waals surface area contributed by atoms with Crippen molar-refractivity contribution >= 4 is 11.8 Å². The number of nitrogens with zero attached hydrogens (tertiary/aromatic N) is 6. The van der Waals surface area contributed by atoms with Gasteiger partial charge >= 0.3 is 0 Å². The number of likely N-dealkylation sites (tertiary alicyclic amines) is 2. The number of carbonyl (C=O) groups excluding carboxylic acids is 2. The normalized spacial score (nSPS) is 23.0. The van der Waals surface area contributed by atoms with E-state index in [4.69, 9.17) is 0 Å². The number of piperidine rings is 1. The van der Waals surface area contributed by atoms with E-state index in [0.29, 0.717) is 18.7 Å². The summed E-state index contributed by atoms with van der Waals surface area (Å²) in [6, 6.07) is 7.47. The van der Waals surface area contributed by atoms with Crippen molar-refractivity contribution in [3.63, 3.8) is 0 Å². The van der Waals surface area contributed by atoms with Gasteiger partial charge in [0.05, 0.1) is 6.54 Å². The Bertz CT molecular complexity index is 804. The highest BCUT2D eigenvalue weighted by Gasteiger charge is 2.52. The SMILES string of the molecule is CN1CCCC2(CCCN2C(=O)c2ccc(Cn3cnnn3)cc2)C1=O. The quantitative estimate of drug-likeness (QED) is 0.819. The summed E-state index contributed by atoms with van der Waals surface area (Å²) in [5.74, 6) is 0.0324. The molecule has 0 bridgehead atoms. The van der Waals surface area contributed by atoms with E-state index in [-0.39, 0.29) is 11.8 Å². The predicted molar refractivity (Wildman–Crippen MR) is 93.2 cm³/mol. The number of amides is 2. The van der Waals surface area contributed by atoms with Crippen LogP contribution in [0.2, 0.25) is 0 Å². The molecule has 0 N–H and O–H groups in total. The first-order valence-electron chi connectivity index (χ1n) is 8.97. The molecular formula is C18H22N6O2. The van der Waals surface area contributed by atoms with Crippen LogP contribution in [0.1, 0.15) is 41.6 Å². The summed E-state index contributed by atoms with van der Waals surface area (Å²) in [7, 11) is 1.83. The van der Waals surface area contributed by atoms with E-state index >= 15 is 0 Å². The highest BCUT2D eigenvalue weighted by atomic mass is 16.2. The van der Waals surface area contributed by atoms with Gasteiger partial charge in [0, 0.05) is 25.7 Å². The van der Waals surface area contributed by atoms with Crippen molar-refractivity contribution in [1.82, 2.24) is 30.0 Å². The van der Waals surface area contributed by atoms with Crippen molar-refractivity contribution in [3.05, 3.63) is 41.7 Å². The zero-order chi connectivity index (χ0) is 18.1. The van der Waals surface area contributed by atoms with E-state index in [9.17, 15) is 9.59 Å². The molecule has 136 valence electrons. The van der Waals surface area contributed by atoms with Crippen molar-refractivity contribution in [2.75, 3.05) is 20.1 Å². The van der Waals surface area contributed by atoms with Gasteiger partial charge in [-0.2, -0.15) is 0 Å². The molecule has 1 aromatic carbocycles. The fraction of sp³-hybridized carbons (Fsp3) is 0.500. The molecule has 26 heavy (non-hydrogen) atoms. The second-order valence-corrected chi connectivity index (χ2v) is 7.13. The van der Waals surface area contributed by atoms with E-state index < -0.39 is 5.54 Å². The fourth-order valence-electron chi connectivity index (χ4n) is 4.18. The van der Waals surface area contributed by atoms with Crippen molar-refractivity contribution in [2.45, 2.75) is 37.8 Å². The smallest absolute Gasteiger partial charge is 0.254 e. The van der Waals surface area contributed by atoms with Crippen LogP contribution in [0.3, 0.4) is 0 Å². The summed E-state index contributed by atoms with van der Waals surface area (Å²) in [5.41, 5.74) is 0.987. The van der Waals surface area contributed by atoms with Crippen molar-refractivity contribution in [1.29, 1.82) is 0 Å². The Labute approximate surface area is 151 Å². The molecule has 2 aromatic rings. The van der Waals surface area contributed by atoms with E-state index in [1.54, 1.807) is 20.8 Å². The van der Waals surface area contributed by atoms with Crippen LogP contribution in [-0.2, 0) is 11.3 Å².